The van der Waals surface area contributed by atoms with Crippen molar-refractivity contribution in [3.8, 4) is 11.5 Å². The number of ether oxygens (including phenoxy) is 2. The number of allylic oxidation sites excluding steroid dienone is 1. The van der Waals surface area contributed by atoms with Crippen molar-refractivity contribution in [3.05, 3.63) is 63.8 Å². The maximum Gasteiger partial charge on any atom is 0.255 e. The van der Waals surface area contributed by atoms with E-state index in [4.69, 9.17) is 33.3 Å². The normalized spacial score (nSPS) is 16.0. The first-order valence-corrected chi connectivity index (χ1v) is 9.70. The van der Waals surface area contributed by atoms with Crippen LogP contribution in [0.3, 0.4) is 0 Å². The van der Waals surface area contributed by atoms with E-state index in [0.29, 0.717) is 38.6 Å². The first-order chi connectivity index (χ1) is 13.8. The van der Waals surface area contributed by atoms with E-state index in [1.54, 1.807) is 38.5 Å². The van der Waals surface area contributed by atoms with Crippen LogP contribution in [0.15, 0.2) is 47.7 Å². The van der Waals surface area contributed by atoms with E-state index < -0.39 is 6.04 Å². The molecule has 152 valence electrons. The lowest BCUT2D eigenvalue weighted by molar-refractivity contribution is -0.113. The van der Waals surface area contributed by atoms with Crippen LogP contribution >= 0.6 is 23.8 Å². The van der Waals surface area contributed by atoms with E-state index in [-0.39, 0.29) is 5.91 Å². The zero-order chi connectivity index (χ0) is 21.1. The fourth-order valence-corrected chi connectivity index (χ4v) is 3.65. The smallest absolute Gasteiger partial charge is 0.255 e. The van der Waals surface area contributed by atoms with Gasteiger partial charge in [0.15, 0.2) is 5.11 Å². The Labute approximate surface area is 180 Å². The van der Waals surface area contributed by atoms with E-state index in [1.807, 2.05) is 26.0 Å². The number of nitrogens with one attached hydrogen (secondary N) is 3. The van der Waals surface area contributed by atoms with Crippen LogP contribution in [0.4, 0.5) is 5.69 Å². The third kappa shape index (κ3) is 4.46. The Kier molecular flexibility index (Phi) is 6.30. The van der Waals surface area contributed by atoms with Crippen molar-refractivity contribution in [2.75, 3.05) is 19.5 Å². The molecule has 2 aromatic carbocycles. The van der Waals surface area contributed by atoms with Gasteiger partial charge in [-0.15, -0.1) is 0 Å². The van der Waals surface area contributed by atoms with Gasteiger partial charge in [0, 0.05) is 22.0 Å². The predicted octanol–water partition coefficient (Wildman–Crippen LogP) is 4.10. The Morgan fingerprint density at radius 3 is 2.59 bits per heavy atom. The number of carbonyl (C=O) groups excluding carboxylic acids is 1. The highest BCUT2D eigenvalue weighted by Crippen LogP contribution is 2.36. The number of aryl methyl sites for hydroxylation is 1. The minimum Gasteiger partial charge on any atom is -0.497 e. The molecule has 0 spiro atoms. The summed E-state index contributed by atoms with van der Waals surface area (Å²) in [6.07, 6.45) is 0. The number of benzene rings is 2. The third-order valence-electron chi connectivity index (χ3n) is 4.71. The van der Waals surface area contributed by atoms with Crippen molar-refractivity contribution in [1.82, 2.24) is 10.6 Å². The van der Waals surface area contributed by atoms with E-state index in [0.717, 1.165) is 11.1 Å². The highest BCUT2D eigenvalue weighted by atomic mass is 35.5. The summed E-state index contributed by atoms with van der Waals surface area (Å²) in [7, 11) is 3.17. The van der Waals surface area contributed by atoms with Crippen LogP contribution < -0.4 is 25.4 Å². The minimum absolute atomic E-state index is 0.273. The lowest BCUT2D eigenvalue weighted by Crippen LogP contribution is -2.45. The van der Waals surface area contributed by atoms with Crippen LogP contribution in [0, 0.1) is 6.92 Å². The molecule has 1 amide bonds. The van der Waals surface area contributed by atoms with Gasteiger partial charge in [-0.1, -0.05) is 17.7 Å². The van der Waals surface area contributed by atoms with Gasteiger partial charge >= 0.3 is 0 Å². The van der Waals surface area contributed by atoms with Gasteiger partial charge in [0.2, 0.25) is 0 Å². The lowest BCUT2D eigenvalue weighted by atomic mass is 9.93. The molecule has 0 aliphatic carbocycles. The Bertz CT molecular complexity index is 1010. The van der Waals surface area contributed by atoms with Crippen LogP contribution in [0.5, 0.6) is 11.5 Å². The Morgan fingerprint density at radius 1 is 1.14 bits per heavy atom. The summed E-state index contributed by atoms with van der Waals surface area (Å²) in [5, 5.41) is 10.1. The van der Waals surface area contributed by atoms with Crippen molar-refractivity contribution >= 4 is 40.5 Å². The molecular formula is C21H22ClN3O3S. The average Bonchev–Trinajstić information content (AvgIpc) is 2.69. The number of rotatable bonds is 5. The van der Waals surface area contributed by atoms with Crippen molar-refractivity contribution < 1.29 is 14.3 Å². The summed E-state index contributed by atoms with van der Waals surface area (Å²) in [4.78, 5) is 13.3. The molecule has 6 nitrogen and oxygen atoms in total. The Morgan fingerprint density at radius 2 is 1.90 bits per heavy atom. The van der Waals surface area contributed by atoms with E-state index in [9.17, 15) is 4.79 Å². The fourth-order valence-electron chi connectivity index (χ4n) is 3.21. The molecule has 0 aromatic heterocycles. The quantitative estimate of drug-likeness (QED) is 0.619. The average molecular weight is 432 g/mol. The van der Waals surface area contributed by atoms with Gasteiger partial charge < -0.3 is 25.4 Å². The van der Waals surface area contributed by atoms with Gasteiger partial charge in [-0.3, -0.25) is 4.79 Å². The molecule has 0 radical (unpaired) electrons. The number of amides is 1. The molecule has 2 aromatic rings. The predicted molar refractivity (Wildman–Crippen MR) is 119 cm³/mol. The molecule has 1 heterocycles. The maximum absolute atomic E-state index is 13.3. The van der Waals surface area contributed by atoms with Gasteiger partial charge in [0.05, 0.1) is 25.8 Å². The zero-order valence-corrected chi connectivity index (χ0v) is 18.1. The van der Waals surface area contributed by atoms with Gasteiger partial charge in [0.25, 0.3) is 5.91 Å². The van der Waals surface area contributed by atoms with Gasteiger partial charge in [-0.05, 0) is 62.0 Å². The summed E-state index contributed by atoms with van der Waals surface area (Å²) >= 11 is 11.4. The van der Waals surface area contributed by atoms with E-state index in [2.05, 4.69) is 16.0 Å². The topological polar surface area (TPSA) is 71.6 Å². The summed E-state index contributed by atoms with van der Waals surface area (Å²) in [6.45, 7) is 3.72. The van der Waals surface area contributed by atoms with Crippen LogP contribution in [0.2, 0.25) is 5.02 Å². The SMILES string of the molecule is COc1ccc(OC)c([C@@H]2NC(=S)NC(C)=C2C(=O)Nc2cc(Cl)ccc2C)c1. The molecule has 0 bridgehead atoms. The zero-order valence-electron chi connectivity index (χ0n) is 16.6. The number of hydrogen-bond acceptors (Lipinski definition) is 4. The minimum atomic E-state index is -0.520. The molecule has 0 saturated carbocycles. The van der Waals surface area contributed by atoms with E-state index >= 15 is 0 Å². The summed E-state index contributed by atoms with van der Waals surface area (Å²) < 4.78 is 10.9. The van der Waals surface area contributed by atoms with Gasteiger partial charge in [-0.25, -0.2) is 0 Å². The Hall–Kier alpha value is -2.77. The molecule has 29 heavy (non-hydrogen) atoms. The third-order valence-corrected chi connectivity index (χ3v) is 5.16. The van der Waals surface area contributed by atoms with Crippen molar-refractivity contribution in [3.63, 3.8) is 0 Å². The molecule has 8 heteroatoms. The molecular weight excluding hydrogens is 410 g/mol. The number of thiocarbonyl (C=S) groups is 1. The van der Waals surface area contributed by atoms with Crippen molar-refractivity contribution in [2.24, 2.45) is 0 Å². The maximum atomic E-state index is 13.3. The molecule has 0 unspecified atom stereocenters. The van der Waals surface area contributed by atoms with Gasteiger partial charge in [0.1, 0.15) is 11.5 Å². The monoisotopic (exact) mass is 431 g/mol. The van der Waals surface area contributed by atoms with E-state index in [1.165, 1.54) is 0 Å². The molecule has 3 N–H and O–H groups in total. The second-order valence-electron chi connectivity index (χ2n) is 6.59. The summed E-state index contributed by atoms with van der Waals surface area (Å²) in [5.41, 5.74) is 3.43. The summed E-state index contributed by atoms with van der Waals surface area (Å²) in [5.74, 6) is 0.991. The molecule has 1 aliphatic heterocycles. The number of carbonyl (C=O) groups is 1. The summed E-state index contributed by atoms with van der Waals surface area (Å²) in [6, 6.07) is 10.3. The first-order valence-electron chi connectivity index (χ1n) is 8.91. The molecule has 1 atom stereocenters. The molecule has 1 aliphatic rings. The standard InChI is InChI=1S/C21H22ClN3O3S/c1-11-5-6-13(22)9-16(11)24-20(26)18-12(2)23-21(29)25-19(18)15-10-14(27-3)7-8-17(15)28-4/h5-10,19H,1-4H3,(H,24,26)(H2,23,25,29)/t19-/m0/s1. The number of hydrogen-bond donors (Lipinski definition) is 3. The van der Waals surface area contributed by atoms with Crippen LogP contribution in [0.25, 0.3) is 0 Å². The fraction of sp³-hybridized carbons (Fsp3) is 0.238. The number of halogens is 1. The van der Waals surface area contributed by atoms with Crippen LogP contribution in [-0.2, 0) is 4.79 Å². The first kappa shape index (κ1) is 21.0. The van der Waals surface area contributed by atoms with Gasteiger partial charge in [-0.2, -0.15) is 0 Å². The van der Waals surface area contributed by atoms with Crippen molar-refractivity contribution in [2.45, 2.75) is 19.9 Å². The van der Waals surface area contributed by atoms with Crippen LogP contribution in [0.1, 0.15) is 24.1 Å². The van der Waals surface area contributed by atoms with Crippen LogP contribution in [-0.4, -0.2) is 25.2 Å². The lowest BCUT2D eigenvalue weighted by Gasteiger charge is -2.31. The Balaban J connectivity index is 2.05. The highest BCUT2D eigenvalue weighted by molar-refractivity contribution is 7.80. The molecule has 3 rings (SSSR count). The number of anilines is 1. The number of methoxy groups -OCH3 is 2. The second-order valence-corrected chi connectivity index (χ2v) is 7.44. The van der Waals surface area contributed by atoms with Crippen molar-refractivity contribution in [1.29, 1.82) is 0 Å². The molecule has 0 fully saturated rings. The largest absolute Gasteiger partial charge is 0.497 e. The second kappa shape index (κ2) is 8.71. The molecule has 0 saturated heterocycles. The highest BCUT2D eigenvalue weighted by Gasteiger charge is 2.32.